The van der Waals surface area contributed by atoms with Crippen molar-refractivity contribution in [3.8, 4) is 0 Å². The Morgan fingerprint density at radius 2 is 2.29 bits per heavy atom. The van der Waals surface area contributed by atoms with Gasteiger partial charge >= 0.3 is 0 Å². The Morgan fingerprint density at radius 1 is 1.38 bits per heavy atom. The molecule has 0 bridgehead atoms. The largest absolute Gasteiger partial charge is 0.351 e. The average molecular weight is 287 g/mol. The van der Waals surface area contributed by atoms with Gasteiger partial charge in [0.25, 0.3) is 0 Å². The van der Waals surface area contributed by atoms with Gasteiger partial charge in [-0.05, 0) is 30.9 Å². The van der Waals surface area contributed by atoms with Crippen LogP contribution in [0.1, 0.15) is 31.2 Å². The molecular weight excluding hydrogens is 266 g/mol. The zero-order valence-electron chi connectivity index (χ0n) is 12.1. The van der Waals surface area contributed by atoms with Gasteiger partial charge in [-0.1, -0.05) is 6.07 Å². The number of hydrogen-bond acceptors (Lipinski definition) is 3. The minimum atomic E-state index is 0.133. The van der Waals surface area contributed by atoms with Gasteiger partial charge in [0.05, 0.1) is 6.04 Å². The van der Waals surface area contributed by atoms with Crippen molar-refractivity contribution >= 4 is 11.8 Å². The fraction of sp³-hybridized carbons (Fsp3) is 0.562. The number of nitrogens with one attached hydrogen (secondary N) is 1. The first kappa shape index (κ1) is 14.0. The van der Waals surface area contributed by atoms with Crippen molar-refractivity contribution in [1.82, 2.24) is 15.2 Å². The molecule has 0 spiro atoms. The van der Waals surface area contributed by atoms with Crippen molar-refractivity contribution in [2.45, 2.75) is 38.1 Å². The summed E-state index contributed by atoms with van der Waals surface area (Å²) in [6.07, 6.45) is 7.73. The summed E-state index contributed by atoms with van der Waals surface area (Å²) >= 11 is 0. The van der Waals surface area contributed by atoms with E-state index in [1.807, 2.05) is 17.2 Å². The van der Waals surface area contributed by atoms with Gasteiger partial charge in [-0.2, -0.15) is 0 Å². The maximum Gasteiger partial charge on any atom is 0.222 e. The zero-order valence-corrected chi connectivity index (χ0v) is 12.1. The minimum Gasteiger partial charge on any atom is -0.351 e. The lowest BCUT2D eigenvalue weighted by Gasteiger charge is -2.17. The number of amides is 2. The van der Waals surface area contributed by atoms with Crippen LogP contribution >= 0.6 is 0 Å². The monoisotopic (exact) mass is 287 g/mol. The molecule has 5 heteroatoms. The molecule has 21 heavy (non-hydrogen) atoms. The number of carbonyl (C=O) groups excluding carboxylic acids is 2. The van der Waals surface area contributed by atoms with Gasteiger partial charge in [0.2, 0.25) is 11.8 Å². The number of aryl methyl sites for hydroxylation is 1. The molecule has 0 aromatic carbocycles. The van der Waals surface area contributed by atoms with Crippen molar-refractivity contribution in [2.24, 2.45) is 5.92 Å². The first-order chi connectivity index (χ1) is 10.2. The topological polar surface area (TPSA) is 62.3 Å². The molecule has 2 fully saturated rings. The molecule has 3 rings (SSSR count). The number of pyridine rings is 1. The van der Waals surface area contributed by atoms with Crippen molar-refractivity contribution < 1.29 is 9.59 Å². The van der Waals surface area contributed by atoms with E-state index in [0.29, 0.717) is 25.3 Å². The van der Waals surface area contributed by atoms with Crippen LogP contribution in [0.2, 0.25) is 0 Å². The van der Waals surface area contributed by atoms with Crippen LogP contribution in [0.4, 0.5) is 0 Å². The van der Waals surface area contributed by atoms with Crippen LogP contribution in [0.15, 0.2) is 24.5 Å². The summed E-state index contributed by atoms with van der Waals surface area (Å²) in [7, 11) is 0. The van der Waals surface area contributed by atoms with Crippen molar-refractivity contribution in [3.05, 3.63) is 30.1 Å². The van der Waals surface area contributed by atoms with Crippen LogP contribution in [0.25, 0.3) is 0 Å². The highest BCUT2D eigenvalue weighted by Gasteiger charge is 2.41. The summed E-state index contributed by atoms with van der Waals surface area (Å²) in [5, 5.41) is 2.95. The lowest BCUT2D eigenvalue weighted by molar-refractivity contribution is -0.131. The predicted molar refractivity (Wildman–Crippen MR) is 78.4 cm³/mol. The number of aromatic nitrogens is 1. The molecule has 2 aliphatic heterocycles. The molecular formula is C16H21N3O2. The smallest absolute Gasteiger partial charge is 0.222 e. The third-order valence-electron chi connectivity index (χ3n) is 4.42. The van der Waals surface area contributed by atoms with E-state index in [2.05, 4.69) is 16.4 Å². The summed E-state index contributed by atoms with van der Waals surface area (Å²) in [6, 6.07) is 4.20. The van der Waals surface area contributed by atoms with Gasteiger partial charge < -0.3 is 10.2 Å². The van der Waals surface area contributed by atoms with Gasteiger partial charge in [-0.3, -0.25) is 14.6 Å². The van der Waals surface area contributed by atoms with E-state index in [1.54, 1.807) is 6.20 Å². The van der Waals surface area contributed by atoms with Crippen molar-refractivity contribution in [1.29, 1.82) is 0 Å². The van der Waals surface area contributed by atoms with Gasteiger partial charge in [-0.25, -0.2) is 0 Å². The van der Waals surface area contributed by atoms with E-state index in [1.165, 1.54) is 5.56 Å². The minimum absolute atomic E-state index is 0.133. The summed E-state index contributed by atoms with van der Waals surface area (Å²) in [5.74, 6) is 0.690. The van der Waals surface area contributed by atoms with Gasteiger partial charge in [0, 0.05) is 44.2 Å². The fourth-order valence-corrected chi connectivity index (χ4v) is 3.26. The number of hydrogen-bond donors (Lipinski definition) is 1. The van der Waals surface area contributed by atoms with E-state index in [9.17, 15) is 9.59 Å². The SMILES string of the molecule is O=C1C[C@H]2CN(C(=O)CCCCc3cccnc3)C[C@H]2N1. The first-order valence-electron chi connectivity index (χ1n) is 7.68. The number of carbonyl (C=O) groups is 2. The second kappa shape index (κ2) is 6.24. The highest BCUT2D eigenvalue weighted by molar-refractivity contribution is 5.81. The first-order valence-corrected chi connectivity index (χ1v) is 7.68. The Balaban J connectivity index is 1.37. The molecule has 0 unspecified atom stereocenters. The molecule has 3 heterocycles. The highest BCUT2D eigenvalue weighted by atomic mass is 16.2. The van der Waals surface area contributed by atoms with E-state index in [0.717, 1.165) is 25.8 Å². The van der Waals surface area contributed by atoms with E-state index >= 15 is 0 Å². The number of fused-ring (bicyclic) bond motifs is 1. The van der Waals surface area contributed by atoms with Crippen molar-refractivity contribution in [2.75, 3.05) is 13.1 Å². The van der Waals surface area contributed by atoms with Crippen LogP contribution in [-0.4, -0.2) is 40.8 Å². The maximum absolute atomic E-state index is 12.2. The van der Waals surface area contributed by atoms with Crippen LogP contribution < -0.4 is 5.32 Å². The summed E-state index contributed by atoms with van der Waals surface area (Å²) in [5.41, 5.74) is 1.23. The lowest BCUT2D eigenvalue weighted by Crippen LogP contribution is -2.35. The highest BCUT2D eigenvalue weighted by Crippen LogP contribution is 2.26. The molecule has 112 valence electrons. The Morgan fingerprint density at radius 3 is 3.05 bits per heavy atom. The van der Waals surface area contributed by atoms with Gasteiger partial charge in [0.1, 0.15) is 0 Å². The molecule has 5 nitrogen and oxygen atoms in total. The number of unbranched alkanes of at least 4 members (excludes halogenated alkanes) is 1. The fourth-order valence-electron chi connectivity index (χ4n) is 3.26. The third-order valence-corrected chi connectivity index (χ3v) is 4.42. The van der Waals surface area contributed by atoms with E-state index in [-0.39, 0.29) is 17.9 Å². The Hall–Kier alpha value is -1.91. The normalized spacial score (nSPS) is 24.0. The van der Waals surface area contributed by atoms with E-state index < -0.39 is 0 Å². The number of nitrogens with zero attached hydrogens (tertiary/aromatic N) is 2. The van der Waals surface area contributed by atoms with Crippen LogP contribution in [0.5, 0.6) is 0 Å². The molecule has 2 saturated heterocycles. The quantitative estimate of drug-likeness (QED) is 0.826. The zero-order chi connectivity index (χ0) is 14.7. The summed E-state index contributed by atoms with van der Waals surface area (Å²) < 4.78 is 0. The van der Waals surface area contributed by atoms with E-state index in [4.69, 9.17) is 0 Å². The Bertz CT molecular complexity index is 502. The third kappa shape index (κ3) is 3.40. The predicted octanol–water partition coefficient (Wildman–Crippen LogP) is 1.14. The second-order valence-corrected chi connectivity index (χ2v) is 6.01. The molecule has 2 amide bonds. The maximum atomic E-state index is 12.2. The summed E-state index contributed by atoms with van der Waals surface area (Å²) in [4.78, 5) is 29.4. The molecule has 0 saturated carbocycles. The second-order valence-electron chi connectivity index (χ2n) is 6.01. The molecule has 1 aromatic rings. The lowest BCUT2D eigenvalue weighted by atomic mass is 10.1. The van der Waals surface area contributed by atoms with Gasteiger partial charge in [-0.15, -0.1) is 0 Å². The number of rotatable bonds is 5. The van der Waals surface area contributed by atoms with Crippen molar-refractivity contribution in [3.63, 3.8) is 0 Å². The average Bonchev–Trinajstić information content (AvgIpc) is 3.02. The molecule has 1 aromatic heterocycles. The van der Waals surface area contributed by atoms with Crippen LogP contribution in [0, 0.1) is 5.92 Å². The molecule has 1 N–H and O–H groups in total. The number of likely N-dealkylation sites (tertiary alicyclic amines) is 1. The Labute approximate surface area is 124 Å². The van der Waals surface area contributed by atoms with Crippen LogP contribution in [0.3, 0.4) is 0 Å². The Kier molecular flexibility index (Phi) is 4.18. The standard InChI is InChI=1S/C16H21N3O2/c20-15-8-13-10-19(11-14(13)18-15)16(21)6-2-1-4-12-5-3-7-17-9-12/h3,5,7,9,13-14H,1-2,4,6,8,10-11H2,(H,18,20)/t13-,14+/m0/s1. The molecule has 2 aliphatic rings. The van der Waals surface area contributed by atoms with Gasteiger partial charge in [0.15, 0.2) is 0 Å². The molecule has 2 atom stereocenters. The molecule has 0 aliphatic carbocycles. The summed E-state index contributed by atoms with van der Waals surface area (Å²) in [6.45, 7) is 1.43. The van der Waals surface area contributed by atoms with Crippen LogP contribution in [-0.2, 0) is 16.0 Å². The molecule has 0 radical (unpaired) electrons.